The zero-order valence-electron chi connectivity index (χ0n) is 13.9. The van der Waals surface area contributed by atoms with Gasteiger partial charge in [-0.1, -0.05) is 6.07 Å². The first-order valence-corrected chi connectivity index (χ1v) is 9.63. The van der Waals surface area contributed by atoms with Crippen LogP contribution in [0.1, 0.15) is 43.9 Å². The van der Waals surface area contributed by atoms with Gasteiger partial charge in [0.1, 0.15) is 0 Å². The molecule has 5 heteroatoms. The number of carbonyl (C=O) groups is 1. The van der Waals surface area contributed by atoms with Crippen molar-refractivity contribution in [2.24, 2.45) is 5.41 Å². The summed E-state index contributed by atoms with van der Waals surface area (Å²) in [5.41, 5.74) is -0.0935. The molecular weight excluding hydrogens is 310 g/mol. The molecule has 1 aliphatic carbocycles. The minimum absolute atomic E-state index is 0.0935. The van der Waals surface area contributed by atoms with Gasteiger partial charge in [-0.2, -0.15) is 0 Å². The Morgan fingerprint density at radius 3 is 2.87 bits per heavy atom. The molecule has 1 amide bonds. The van der Waals surface area contributed by atoms with Gasteiger partial charge in [0.25, 0.3) is 0 Å². The number of amides is 1. The Bertz CT molecular complexity index is 506. The van der Waals surface area contributed by atoms with Gasteiger partial charge in [-0.3, -0.25) is 4.79 Å². The number of carbonyl (C=O) groups excluding carboxylic acids is 1. The molecule has 1 spiro atoms. The summed E-state index contributed by atoms with van der Waals surface area (Å²) in [5, 5.41) is 12.3. The van der Waals surface area contributed by atoms with Crippen molar-refractivity contribution in [3.63, 3.8) is 0 Å². The number of likely N-dealkylation sites (tertiary alicyclic amines) is 1. The van der Waals surface area contributed by atoms with E-state index in [1.807, 2.05) is 11.8 Å². The van der Waals surface area contributed by atoms with Gasteiger partial charge in [-0.05, 0) is 44.1 Å². The molecule has 2 atom stereocenters. The van der Waals surface area contributed by atoms with E-state index in [2.05, 4.69) is 17.5 Å². The molecule has 2 aliphatic rings. The molecule has 1 saturated carbocycles. The van der Waals surface area contributed by atoms with Crippen molar-refractivity contribution in [2.45, 2.75) is 57.7 Å². The molecule has 0 aromatic carbocycles. The van der Waals surface area contributed by atoms with Crippen LogP contribution in [0.4, 0.5) is 0 Å². The van der Waals surface area contributed by atoms with Crippen LogP contribution in [-0.4, -0.2) is 47.8 Å². The number of ether oxygens (including phenoxy) is 1. The summed E-state index contributed by atoms with van der Waals surface area (Å²) in [6.07, 6.45) is 4.96. The third-order valence-electron chi connectivity index (χ3n) is 5.55. The standard InChI is InChI=1S/C18H27NO3S/c1-2-22-16-13-15(20)18(16)8-10-19(11-9-18)17(21)7-3-5-14-6-4-12-23-14/h4,6,12,15-16,20H,2-3,5,7-11,13H2,1H3/t15-,16-/m1/s1. The van der Waals surface area contributed by atoms with E-state index in [1.165, 1.54) is 4.88 Å². The average Bonchev–Trinajstić information content (AvgIpc) is 3.08. The van der Waals surface area contributed by atoms with Crippen molar-refractivity contribution in [3.8, 4) is 0 Å². The lowest BCUT2D eigenvalue weighted by Crippen LogP contribution is -2.62. The van der Waals surface area contributed by atoms with E-state index in [-0.39, 0.29) is 23.5 Å². The maximum atomic E-state index is 12.4. The van der Waals surface area contributed by atoms with Crippen LogP contribution < -0.4 is 0 Å². The number of piperidine rings is 1. The minimum atomic E-state index is -0.255. The molecule has 2 fully saturated rings. The first-order valence-electron chi connectivity index (χ1n) is 8.75. The highest BCUT2D eigenvalue weighted by Gasteiger charge is 2.56. The Balaban J connectivity index is 1.44. The lowest BCUT2D eigenvalue weighted by molar-refractivity contribution is -0.210. The molecule has 23 heavy (non-hydrogen) atoms. The Morgan fingerprint density at radius 2 is 2.26 bits per heavy atom. The number of hydrogen-bond donors (Lipinski definition) is 1. The van der Waals surface area contributed by atoms with E-state index >= 15 is 0 Å². The zero-order valence-corrected chi connectivity index (χ0v) is 14.7. The summed E-state index contributed by atoms with van der Waals surface area (Å²) in [5.74, 6) is 0.262. The molecule has 3 rings (SSSR count). The molecule has 0 bridgehead atoms. The summed E-state index contributed by atoms with van der Waals surface area (Å²) in [6.45, 7) is 4.23. The van der Waals surface area contributed by atoms with Crippen molar-refractivity contribution in [1.29, 1.82) is 0 Å². The molecule has 2 heterocycles. The van der Waals surface area contributed by atoms with Crippen LogP contribution in [-0.2, 0) is 16.0 Å². The summed E-state index contributed by atoms with van der Waals surface area (Å²) in [6, 6.07) is 4.19. The number of nitrogens with zero attached hydrogens (tertiary/aromatic N) is 1. The van der Waals surface area contributed by atoms with Crippen LogP contribution in [0.25, 0.3) is 0 Å². The molecule has 1 aromatic heterocycles. The SMILES string of the molecule is CCO[C@@H]1C[C@@H](O)C12CCN(C(=O)CCCc1cccs1)CC2. The third kappa shape index (κ3) is 3.47. The number of rotatable bonds is 6. The number of thiophene rings is 1. The summed E-state index contributed by atoms with van der Waals surface area (Å²) in [4.78, 5) is 15.7. The summed E-state index contributed by atoms with van der Waals surface area (Å²) in [7, 11) is 0. The van der Waals surface area contributed by atoms with Gasteiger partial charge >= 0.3 is 0 Å². The van der Waals surface area contributed by atoms with E-state index in [1.54, 1.807) is 11.3 Å². The van der Waals surface area contributed by atoms with Gasteiger partial charge in [-0.25, -0.2) is 0 Å². The number of aryl methyl sites for hydroxylation is 1. The minimum Gasteiger partial charge on any atom is -0.392 e. The molecule has 0 radical (unpaired) electrons. The Hall–Kier alpha value is -0.910. The molecule has 1 N–H and O–H groups in total. The van der Waals surface area contributed by atoms with E-state index in [0.29, 0.717) is 13.0 Å². The second kappa shape index (κ2) is 7.32. The maximum Gasteiger partial charge on any atom is 0.222 e. The molecule has 1 saturated heterocycles. The lowest BCUT2D eigenvalue weighted by Gasteiger charge is -2.56. The fraction of sp³-hybridized carbons (Fsp3) is 0.722. The zero-order chi connectivity index (χ0) is 16.3. The van der Waals surface area contributed by atoms with Crippen molar-refractivity contribution in [2.75, 3.05) is 19.7 Å². The first kappa shape index (κ1) is 16.9. The monoisotopic (exact) mass is 337 g/mol. The molecule has 4 nitrogen and oxygen atoms in total. The van der Waals surface area contributed by atoms with Crippen LogP contribution in [0.15, 0.2) is 17.5 Å². The van der Waals surface area contributed by atoms with Crippen molar-refractivity contribution in [3.05, 3.63) is 22.4 Å². The van der Waals surface area contributed by atoms with Gasteiger partial charge < -0.3 is 14.7 Å². The van der Waals surface area contributed by atoms with E-state index < -0.39 is 0 Å². The second-order valence-corrected chi connectivity index (χ2v) is 7.77. The van der Waals surface area contributed by atoms with Crippen LogP contribution in [0.3, 0.4) is 0 Å². The highest BCUT2D eigenvalue weighted by molar-refractivity contribution is 7.09. The van der Waals surface area contributed by atoms with Crippen LogP contribution in [0, 0.1) is 5.41 Å². The molecule has 1 aromatic rings. The van der Waals surface area contributed by atoms with Gasteiger partial charge in [-0.15, -0.1) is 11.3 Å². The third-order valence-corrected chi connectivity index (χ3v) is 6.49. The lowest BCUT2D eigenvalue weighted by atomic mass is 9.58. The Kier molecular flexibility index (Phi) is 5.39. The fourth-order valence-electron chi connectivity index (χ4n) is 4.02. The number of aliphatic hydroxyl groups excluding tert-OH is 1. The average molecular weight is 337 g/mol. The van der Waals surface area contributed by atoms with Crippen molar-refractivity contribution < 1.29 is 14.6 Å². The van der Waals surface area contributed by atoms with Gasteiger partial charge in [0, 0.05) is 42.8 Å². The van der Waals surface area contributed by atoms with Crippen molar-refractivity contribution in [1.82, 2.24) is 4.90 Å². The predicted octanol–water partition coefficient (Wildman–Crippen LogP) is 2.85. The maximum absolute atomic E-state index is 12.4. The first-order chi connectivity index (χ1) is 11.2. The van der Waals surface area contributed by atoms with Gasteiger partial charge in [0.05, 0.1) is 12.2 Å². The molecule has 1 aliphatic heterocycles. The Labute approximate surface area is 142 Å². The predicted molar refractivity (Wildman–Crippen MR) is 91.5 cm³/mol. The van der Waals surface area contributed by atoms with Crippen LogP contribution in [0.5, 0.6) is 0 Å². The largest absolute Gasteiger partial charge is 0.392 e. The summed E-state index contributed by atoms with van der Waals surface area (Å²) < 4.78 is 5.78. The number of aliphatic hydroxyl groups is 1. The molecule has 0 unspecified atom stereocenters. The van der Waals surface area contributed by atoms with Crippen LogP contribution >= 0.6 is 11.3 Å². The Morgan fingerprint density at radius 1 is 1.48 bits per heavy atom. The fourth-order valence-corrected chi connectivity index (χ4v) is 4.77. The topological polar surface area (TPSA) is 49.8 Å². The highest BCUT2D eigenvalue weighted by atomic mass is 32.1. The van der Waals surface area contributed by atoms with Crippen molar-refractivity contribution >= 4 is 17.2 Å². The number of hydrogen-bond acceptors (Lipinski definition) is 4. The van der Waals surface area contributed by atoms with E-state index in [4.69, 9.17) is 4.74 Å². The summed E-state index contributed by atoms with van der Waals surface area (Å²) >= 11 is 1.76. The second-order valence-electron chi connectivity index (χ2n) is 6.74. The molecule has 128 valence electrons. The quantitative estimate of drug-likeness (QED) is 0.868. The van der Waals surface area contributed by atoms with Gasteiger partial charge in [0.15, 0.2) is 0 Å². The van der Waals surface area contributed by atoms with E-state index in [0.717, 1.165) is 45.2 Å². The highest BCUT2D eigenvalue weighted by Crippen LogP contribution is 2.50. The van der Waals surface area contributed by atoms with Gasteiger partial charge in [0.2, 0.25) is 5.91 Å². The van der Waals surface area contributed by atoms with E-state index in [9.17, 15) is 9.90 Å². The van der Waals surface area contributed by atoms with Crippen LogP contribution in [0.2, 0.25) is 0 Å². The smallest absolute Gasteiger partial charge is 0.222 e. The molecular formula is C18H27NO3S. The normalized spacial score (nSPS) is 26.3.